The molecule has 0 aromatic heterocycles. The molecule has 2 saturated heterocycles. The highest BCUT2D eigenvalue weighted by molar-refractivity contribution is 5.39. The summed E-state index contributed by atoms with van der Waals surface area (Å²) in [4.78, 5) is 0. The molecule has 1 aromatic carbocycles. The van der Waals surface area contributed by atoms with E-state index < -0.39 is 82.5 Å². The zero-order chi connectivity index (χ0) is 32.3. The summed E-state index contributed by atoms with van der Waals surface area (Å²) in [6, 6.07) is 0.00218. The van der Waals surface area contributed by atoms with Crippen LogP contribution < -0.4 is 0 Å². The SMILES string of the molecule is CCCC12COC(C3CCC(C(F)(F)OC4=C[C@H](F)C(c5cc(F)c(C(F)(F)OC(F)(F)F)c(F)c5)C(F)=C4)CC3)(OC1)O2. The van der Waals surface area contributed by atoms with Crippen molar-refractivity contribution < 1.29 is 72.0 Å². The minimum absolute atomic E-state index is 0.00109. The molecule has 44 heavy (non-hydrogen) atoms. The average molecular weight is 652 g/mol. The Labute approximate surface area is 243 Å². The van der Waals surface area contributed by atoms with Crippen molar-refractivity contribution in [2.24, 2.45) is 11.8 Å². The molecule has 2 heterocycles. The van der Waals surface area contributed by atoms with Crippen LogP contribution in [0.5, 0.6) is 0 Å². The Balaban J connectivity index is 1.24. The Hall–Kier alpha value is -2.43. The lowest BCUT2D eigenvalue weighted by Gasteiger charge is -2.39. The monoisotopic (exact) mass is 652 g/mol. The van der Waals surface area contributed by atoms with Crippen LogP contribution in [0.1, 0.15) is 62.5 Å². The topological polar surface area (TPSA) is 46.2 Å². The Kier molecular flexibility index (Phi) is 8.55. The van der Waals surface area contributed by atoms with Crippen LogP contribution in [0.25, 0.3) is 0 Å². The molecular formula is C28H27F11O5. The van der Waals surface area contributed by atoms with E-state index in [2.05, 4.69) is 9.47 Å². The molecule has 2 atom stereocenters. The number of benzene rings is 1. The highest BCUT2D eigenvalue weighted by atomic mass is 19.4. The van der Waals surface area contributed by atoms with Crippen molar-refractivity contribution in [3.8, 4) is 0 Å². The van der Waals surface area contributed by atoms with E-state index in [0.717, 1.165) is 6.42 Å². The molecular weight excluding hydrogens is 625 g/mol. The second kappa shape index (κ2) is 11.4. The summed E-state index contributed by atoms with van der Waals surface area (Å²) in [5, 5.41) is 0. The lowest BCUT2D eigenvalue weighted by atomic mass is 9.80. The Morgan fingerprint density at radius 3 is 2.02 bits per heavy atom. The van der Waals surface area contributed by atoms with Crippen molar-refractivity contribution in [1.29, 1.82) is 0 Å². The standard InChI is InChI=1S/C28H27F11O5/c1-2-7-24-12-40-27(43-24,41-13-24)16-5-3-15(4-6-16)25(33,34)42-17-10-18(29)22(19(30)11-17)14-8-20(31)23(21(32)9-14)26(35,36)44-28(37,38)39/h8-11,15-16,18,22H,2-7,12-13H2,1H3/t15?,16?,18-,22?,24?,27?/m0/s1. The van der Waals surface area contributed by atoms with Gasteiger partial charge in [-0.3, -0.25) is 0 Å². The Morgan fingerprint density at radius 2 is 1.50 bits per heavy atom. The predicted octanol–water partition coefficient (Wildman–Crippen LogP) is 8.41. The van der Waals surface area contributed by atoms with Gasteiger partial charge in [0, 0.05) is 12.0 Å². The Morgan fingerprint density at radius 1 is 0.909 bits per heavy atom. The van der Waals surface area contributed by atoms with Crippen LogP contribution >= 0.6 is 0 Å². The molecule has 0 spiro atoms. The average Bonchev–Trinajstić information content (AvgIpc) is 3.44. The minimum Gasteiger partial charge on any atom is -0.433 e. The van der Waals surface area contributed by atoms with Gasteiger partial charge < -0.3 is 18.9 Å². The lowest BCUT2D eigenvalue weighted by molar-refractivity contribution is -0.432. The third-order valence-corrected chi connectivity index (χ3v) is 8.27. The van der Waals surface area contributed by atoms with Crippen LogP contribution in [0.4, 0.5) is 48.3 Å². The van der Waals surface area contributed by atoms with E-state index in [9.17, 15) is 39.5 Å². The summed E-state index contributed by atoms with van der Waals surface area (Å²) in [5.74, 6) is -12.2. The van der Waals surface area contributed by atoms with Crippen LogP contribution in [0.15, 0.2) is 35.9 Å². The van der Waals surface area contributed by atoms with Gasteiger partial charge in [-0.1, -0.05) is 13.3 Å². The molecule has 1 saturated carbocycles. The molecule has 4 aliphatic rings. The third-order valence-electron chi connectivity index (χ3n) is 8.27. The van der Waals surface area contributed by atoms with E-state index in [1.165, 1.54) is 0 Å². The number of hydrogen-bond acceptors (Lipinski definition) is 5. The molecule has 5 rings (SSSR count). The zero-order valence-corrected chi connectivity index (χ0v) is 23.0. The quantitative estimate of drug-likeness (QED) is 0.251. The molecule has 2 aliphatic carbocycles. The van der Waals surface area contributed by atoms with Crippen molar-refractivity contribution in [1.82, 2.24) is 0 Å². The highest BCUT2D eigenvalue weighted by Crippen LogP contribution is 2.53. The number of hydrogen-bond donors (Lipinski definition) is 0. The summed E-state index contributed by atoms with van der Waals surface area (Å²) in [6.07, 6.45) is -15.3. The number of halogens is 11. The van der Waals surface area contributed by atoms with Crippen molar-refractivity contribution in [2.45, 2.75) is 87.7 Å². The van der Waals surface area contributed by atoms with Gasteiger partial charge in [-0.25, -0.2) is 22.3 Å². The van der Waals surface area contributed by atoms with Crippen molar-refractivity contribution in [3.05, 3.63) is 58.6 Å². The van der Waals surface area contributed by atoms with Crippen molar-refractivity contribution in [3.63, 3.8) is 0 Å². The zero-order valence-electron chi connectivity index (χ0n) is 23.0. The molecule has 16 heteroatoms. The Bertz CT molecular complexity index is 1270. The third kappa shape index (κ3) is 6.31. The normalized spacial score (nSPS) is 32.9. The van der Waals surface area contributed by atoms with Crippen molar-refractivity contribution in [2.75, 3.05) is 13.2 Å². The van der Waals surface area contributed by atoms with Crippen LogP contribution in [0.2, 0.25) is 0 Å². The summed E-state index contributed by atoms with van der Waals surface area (Å²) in [6.45, 7) is 2.65. The maximum atomic E-state index is 15.1. The van der Waals surface area contributed by atoms with Crippen LogP contribution in [0.3, 0.4) is 0 Å². The largest absolute Gasteiger partial charge is 0.527 e. The summed E-state index contributed by atoms with van der Waals surface area (Å²) >= 11 is 0. The number of fused-ring (bicyclic) bond motifs is 2. The number of rotatable bonds is 9. The van der Waals surface area contributed by atoms with Gasteiger partial charge >= 0.3 is 18.6 Å². The van der Waals surface area contributed by atoms with Gasteiger partial charge in [-0.05, 0) is 55.9 Å². The van der Waals surface area contributed by atoms with Crippen molar-refractivity contribution >= 4 is 0 Å². The summed E-state index contributed by atoms with van der Waals surface area (Å²) in [7, 11) is 0. The first-order chi connectivity index (χ1) is 20.4. The van der Waals surface area contributed by atoms with Crippen LogP contribution in [-0.2, 0) is 29.8 Å². The predicted molar refractivity (Wildman–Crippen MR) is 127 cm³/mol. The maximum absolute atomic E-state index is 15.1. The molecule has 5 nitrogen and oxygen atoms in total. The van der Waals surface area contributed by atoms with E-state index in [-0.39, 0.29) is 43.7 Å². The molecule has 1 aromatic rings. The van der Waals surface area contributed by atoms with Gasteiger partial charge in [0.2, 0.25) is 0 Å². The second-order valence-electron chi connectivity index (χ2n) is 11.4. The minimum atomic E-state index is -5.98. The van der Waals surface area contributed by atoms with Crippen LogP contribution in [-0.4, -0.2) is 43.4 Å². The number of alkyl halides is 8. The first-order valence-electron chi connectivity index (χ1n) is 13.8. The first-order valence-corrected chi connectivity index (χ1v) is 13.8. The molecule has 246 valence electrons. The highest BCUT2D eigenvalue weighted by Gasteiger charge is 2.62. The molecule has 0 radical (unpaired) electrons. The van der Waals surface area contributed by atoms with Gasteiger partial charge in [0.25, 0.3) is 5.97 Å². The van der Waals surface area contributed by atoms with Gasteiger partial charge in [0.1, 0.15) is 40.6 Å². The fourth-order valence-corrected chi connectivity index (χ4v) is 6.29. The lowest BCUT2D eigenvalue weighted by Crippen LogP contribution is -2.44. The molecule has 0 amide bonds. The second-order valence-corrected chi connectivity index (χ2v) is 11.4. The van der Waals surface area contributed by atoms with Gasteiger partial charge in [-0.2, -0.15) is 17.6 Å². The molecule has 0 N–H and O–H groups in total. The van der Waals surface area contributed by atoms with E-state index in [1.807, 2.05) is 6.92 Å². The van der Waals surface area contributed by atoms with Crippen LogP contribution in [0, 0.1) is 23.5 Å². The molecule has 3 fully saturated rings. The van der Waals surface area contributed by atoms with Gasteiger partial charge in [0.05, 0.1) is 25.0 Å². The van der Waals surface area contributed by atoms with Gasteiger partial charge in [0.15, 0.2) is 0 Å². The van der Waals surface area contributed by atoms with Gasteiger partial charge in [-0.15, -0.1) is 13.2 Å². The summed E-state index contributed by atoms with van der Waals surface area (Å²) in [5.41, 5.74) is -3.93. The van der Waals surface area contributed by atoms with E-state index in [4.69, 9.17) is 14.2 Å². The summed E-state index contributed by atoms with van der Waals surface area (Å²) < 4.78 is 178. The van der Waals surface area contributed by atoms with E-state index in [1.54, 1.807) is 0 Å². The smallest absolute Gasteiger partial charge is 0.433 e. The fourth-order valence-electron chi connectivity index (χ4n) is 6.29. The molecule has 2 bridgehead atoms. The van der Waals surface area contributed by atoms with E-state index in [0.29, 0.717) is 31.8 Å². The fraction of sp³-hybridized carbons (Fsp3) is 0.643. The molecule has 1 unspecified atom stereocenters. The van der Waals surface area contributed by atoms with E-state index >= 15 is 8.78 Å². The molecule has 2 aliphatic heterocycles. The number of ether oxygens (including phenoxy) is 5. The first kappa shape index (κ1) is 32.9. The number of allylic oxidation sites excluding steroid dienone is 3. The maximum Gasteiger partial charge on any atom is 0.527 e.